The molecular formula is C9H8Y2-2. The van der Waals surface area contributed by atoms with Crippen LogP contribution in [0.2, 0.25) is 0 Å². The van der Waals surface area contributed by atoms with Crippen molar-refractivity contribution < 1.29 is 65.4 Å². The van der Waals surface area contributed by atoms with Crippen molar-refractivity contribution in [1.29, 1.82) is 0 Å². The van der Waals surface area contributed by atoms with Crippen LogP contribution in [0.4, 0.5) is 0 Å². The first-order chi connectivity index (χ1) is 4.43. The Labute approximate surface area is 119 Å². The van der Waals surface area contributed by atoms with E-state index in [1.165, 1.54) is 0 Å². The molecule has 0 spiro atoms. The molecule has 1 aromatic carbocycles. The molecule has 0 unspecified atom stereocenters. The normalized spacial score (nSPS) is 8.45. The smallest absolute Gasteiger partial charge is 0 e. The number of hydrogen-bond donors (Lipinski definition) is 0. The summed E-state index contributed by atoms with van der Waals surface area (Å²) in [6.07, 6.45) is 4.83. The summed E-state index contributed by atoms with van der Waals surface area (Å²) in [5, 5.41) is 0. The van der Waals surface area contributed by atoms with Gasteiger partial charge in [-0.05, 0) is 0 Å². The van der Waals surface area contributed by atoms with Crippen molar-refractivity contribution in [2.24, 2.45) is 0 Å². The van der Waals surface area contributed by atoms with Crippen LogP contribution in [0, 0.1) is 12.1 Å². The van der Waals surface area contributed by atoms with Crippen molar-refractivity contribution in [2.45, 2.75) is 6.92 Å². The van der Waals surface area contributed by atoms with Gasteiger partial charge in [0.1, 0.15) is 0 Å². The zero-order valence-electron chi connectivity index (χ0n) is 6.54. The quantitative estimate of drug-likeness (QED) is 0.697. The van der Waals surface area contributed by atoms with Crippen LogP contribution in [0.5, 0.6) is 0 Å². The van der Waals surface area contributed by atoms with E-state index in [0.29, 0.717) is 0 Å². The minimum atomic E-state index is 0. The van der Waals surface area contributed by atoms with E-state index in [1.54, 1.807) is 0 Å². The molecule has 0 aliphatic rings. The molecule has 0 fully saturated rings. The average molecular weight is 294 g/mol. The van der Waals surface area contributed by atoms with Gasteiger partial charge >= 0.3 is 0 Å². The molecule has 0 saturated carbocycles. The van der Waals surface area contributed by atoms with E-state index >= 15 is 0 Å². The Balaban J connectivity index is 0. The summed E-state index contributed by atoms with van der Waals surface area (Å²) in [6, 6.07) is 10.9. The second-order valence-electron chi connectivity index (χ2n) is 1.75. The van der Waals surface area contributed by atoms with Crippen LogP contribution in [0.3, 0.4) is 0 Å². The molecule has 0 aliphatic heterocycles. The van der Waals surface area contributed by atoms with E-state index in [1.807, 2.05) is 37.3 Å². The van der Waals surface area contributed by atoms with Gasteiger partial charge in [0.25, 0.3) is 0 Å². The van der Waals surface area contributed by atoms with Gasteiger partial charge in [-0.3, -0.25) is 0 Å². The fourth-order valence-corrected chi connectivity index (χ4v) is 0.653. The Morgan fingerprint density at radius 1 is 1.36 bits per heavy atom. The van der Waals surface area contributed by atoms with Crippen LogP contribution in [-0.2, 0) is 65.4 Å². The van der Waals surface area contributed by atoms with E-state index in [9.17, 15) is 0 Å². The number of allylic oxidation sites excluding steroid dienone is 1. The number of hydrogen-bond acceptors (Lipinski definition) is 0. The zero-order valence-corrected chi connectivity index (χ0v) is 12.2. The molecule has 0 bridgehead atoms. The largest absolute Gasteiger partial charge is 0.330 e. The van der Waals surface area contributed by atoms with Crippen LogP contribution in [0.1, 0.15) is 12.5 Å². The molecular weight excluding hydrogens is 286 g/mol. The van der Waals surface area contributed by atoms with Crippen LogP contribution < -0.4 is 0 Å². The maximum atomic E-state index is 3.05. The van der Waals surface area contributed by atoms with Crippen molar-refractivity contribution >= 4 is 6.08 Å². The monoisotopic (exact) mass is 294 g/mol. The summed E-state index contributed by atoms with van der Waals surface area (Å²) in [5.74, 6) is 0. The summed E-state index contributed by atoms with van der Waals surface area (Å²) in [6.45, 7) is 1.88. The standard InChI is InChI=1S/C9H8.2Y/c1-2-6-9-7-4-3-5-8-9;;/h3-7H,1H3;;/q-2;;. The summed E-state index contributed by atoms with van der Waals surface area (Å²) < 4.78 is 0. The molecule has 1 aromatic rings. The van der Waals surface area contributed by atoms with E-state index in [2.05, 4.69) is 12.1 Å². The molecule has 0 heterocycles. The van der Waals surface area contributed by atoms with Crippen LogP contribution in [-0.4, -0.2) is 0 Å². The molecule has 0 aliphatic carbocycles. The van der Waals surface area contributed by atoms with Crippen molar-refractivity contribution in [3.8, 4) is 0 Å². The summed E-state index contributed by atoms with van der Waals surface area (Å²) in [7, 11) is 0. The van der Waals surface area contributed by atoms with Gasteiger partial charge in [0.05, 0.1) is 0 Å². The Morgan fingerprint density at radius 2 is 2.09 bits per heavy atom. The molecule has 0 aromatic heterocycles. The van der Waals surface area contributed by atoms with Gasteiger partial charge in [-0.25, -0.2) is 12.1 Å². The Bertz CT molecular complexity index is 192. The molecule has 1 rings (SSSR count). The molecule has 52 valence electrons. The van der Waals surface area contributed by atoms with Gasteiger partial charge in [-0.1, -0.05) is 0 Å². The predicted molar refractivity (Wildman–Crippen MR) is 38.7 cm³/mol. The van der Waals surface area contributed by atoms with Crippen LogP contribution >= 0.6 is 0 Å². The van der Waals surface area contributed by atoms with E-state index in [-0.39, 0.29) is 65.4 Å². The first kappa shape index (κ1) is 14.7. The fraction of sp³-hybridized carbons (Fsp3) is 0.111. The van der Waals surface area contributed by atoms with Gasteiger partial charge in [-0.15, -0.1) is 13.0 Å². The maximum Gasteiger partial charge on any atom is 0 e. The molecule has 0 saturated heterocycles. The third-order valence-electron chi connectivity index (χ3n) is 1.03. The molecule has 2 heteroatoms. The second kappa shape index (κ2) is 9.26. The molecule has 0 atom stereocenters. The Kier molecular flexibility index (Phi) is 12.4. The predicted octanol–water partition coefficient (Wildman–Crippen LogP) is 2.32. The summed E-state index contributed by atoms with van der Waals surface area (Å²) in [5.41, 5.74) is 1.08. The molecule has 0 amide bonds. The third kappa shape index (κ3) is 6.34. The molecule has 0 N–H and O–H groups in total. The topological polar surface area (TPSA) is 0 Å². The van der Waals surface area contributed by atoms with Gasteiger partial charge in [0.2, 0.25) is 0 Å². The van der Waals surface area contributed by atoms with Crippen LogP contribution in [0.25, 0.3) is 6.08 Å². The maximum absolute atomic E-state index is 3.05. The minimum absolute atomic E-state index is 0. The van der Waals surface area contributed by atoms with Crippen molar-refractivity contribution in [3.63, 3.8) is 0 Å². The summed E-state index contributed by atoms with van der Waals surface area (Å²) in [4.78, 5) is 0. The Hall–Kier alpha value is 1.17. The SMILES string of the molecule is C[C-]=Cc1[c-]cccc1.[Y].[Y]. The van der Waals surface area contributed by atoms with Crippen molar-refractivity contribution in [1.82, 2.24) is 0 Å². The van der Waals surface area contributed by atoms with Gasteiger partial charge in [-0.2, -0.15) is 12.1 Å². The van der Waals surface area contributed by atoms with Crippen molar-refractivity contribution in [2.75, 3.05) is 0 Å². The molecule has 2 radical (unpaired) electrons. The van der Waals surface area contributed by atoms with E-state index in [4.69, 9.17) is 0 Å². The molecule has 0 nitrogen and oxygen atoms in total. The summed E-state index contributed by atoms with van der Waals surface area (Å²) >= 11 is 0. The number of benzene rings is 1. The van der Waals surface area contributed by atoms with Gasteiger partial charge in [0, 0.05) is 65.4 Å². The first-order valence-electron chi connectivity index (χ1n) is 2.90. The van der Waals surface area contributed by atoms with Gasteiger partial charge in [0.15, 0.2) is 0 Å². The average Bonchev–Trinajstić information content (AvgIpc) is 1.91. The molecule has 11 heavy (non-hydrogen) atoms. The van der Waals surface area contributed by atoms with Gasteiger partial charge < -0.3 is 17.7 Å². The minimum Gasteiger partial charge on any atom is -0.330 e. The number of rotatable bonds is 1. The van der Waals surface area contributed by atoms with E-state index < -0.39 is 0 Å². The van der Waals surface area contributed by atoms with Crippen molar-refractivity contribution in [3.05, 3.63) is 42.0 Å². The zero-order chi connectivity index (χ0) is 6.53. The fourth-order valence-electron chi connectivity index (χ4n) is 0.653. The van der Waals surface area contributed by atoms with Crippen LogP contribution in [0.15, 0.2) is 24.3 Å². The third-order valence-corrected chi connectivity index (χ3v) is 1.03. The second-order valence-corrected chi connectivity index (χ2v) is 1.75. The van der Waals surface area contributed by atoms with E-state index in [0.717, 1.165) is 5.56 Å². The Morgan fingerprint density at radius 3 is 2.55 bits per heavy atom. The first-order valence-corrected chi connectivity index (χ1v) is 2.90.